The Kier molecular flexibility index (Phi) is 1.96. The van der Waals surface area contributed by atoms with Crippen molar-refractivity contribution >= 4 is 22.7 Å². The van der Waals surface area contributed by atoms with Crippen molar-refractivity contribution in [2.45, 2.75) is 6.92 Å². The van der Waals surface area contributed by atoms with Gasteiger partial charge in [0.2, 0.25) is 0 Å². The quantitative estimate of drug-likeness (QED) is 0.664. The van der Waals surface area contributed by atoms with Crippen LogP contribution in [0.1, 0.15) is 11.3 Å². The predicted octanol–water partition coefficient (Wildman–Crippen LogP) is 3.01. The summed E-state index contributed by atoms with van der Waals surface area (Å²) in [4.78, 5) is 6.92. The molecule has 0 unspecified atom stereocenters. The van der Waals surface area contributed by atoms with Gasteiger partial charge in [0.15, 0.2) is 0 Å². The molecule has 0 spiro atoms. The molecule has 0 saturated heterocycles. The molecule has 0 saturated carbocycles. The van der Waals surface area contributed by atoms with Crippen LogP contribution in [0.15, 0.2) is 30.3 Å². The number of aryl methyl sites for hydroxylation is 1. The summed E-state index contributed by atoms with van der Waals surface area (Å²) in [6.45, 7) is 3.00. The number of aromatic nitrogens is 1. The van der Waals surface area contributed by atoms with Crippen LogP contribution in [0.2, 0.25) is 0 Å². The van der Waals surface area contributed by atoms with Crippen molar-refractivity contribution in [2.75, 3.05) is 18.5 Å². The minimum absolute atomic E-state index is 0.960. The smallest absolute Gasteiger partial charge is 0.0944 e. The fraction of sp³-hybridized carbons (Fsp3) is 0.214. The van der Waals surface area contributed by atoms with Crippen LogP contribution in [0.25, 0.3) is 17.0 Å². The van der Waals surface area contributed by atoms with Gasteiger partial charge in [-0.1, -0.05) is 30.4 Å². The minimum Gasteiger partial charge on any atom is -0.369 e. The molecular formula is C14H14N2. The van der Waals surface area contributed by atoms with E-state index in [-0.39, 0.29) is 0 Å². The second kappa shape index (κ2) is 3.34. The van der Waals surface area contributed by atoms with Gasteiger partial charge in [-0.15, -0.1) is 0 Å². The maximum atomic E-state index is 4.66. The SMILES string of the molecule is Cc1ccc2ccc3c(c2n1)N(C)CC=C3. The molecule has 0 fully saturated rings. The third-order valence-electron chi connectivity index (χ3n) is 3.06. The van der Waals surface area contributed by atoms with E-state index >= 15 is 0 Å². The lowest BCUT2D eigenvalue weighted by Gasteiger charge is -2.24. The molecule has 2 heterocycles. The zero-order valence-corrected chi connectivity index (χ0v) is 9.57. The number of pyridine rings is 1. The van der Waals surface area contributed by atoms with E-state index in [4.69, 9.17) is 0 Å². The van der Waals surface area contributed by atoms with Crippen LogP contribution in [0.3, 0.4) is 0 Å². The van der Waals surface area contributed by atoms with Gasteiger partial charge < -0.3 is 4.90 Å². The molecule has 2 aromatic rings. The maximum absolute atomic E-state index is 4.66. The van der Waals surface area contributed by atoms with Gasteiger partial charge in [0.05, 0.1) is 11.2 Å². The Morgan fingerprint density at radius 1 is 1.19 bits per heavy atom. The second-order valence-electron chi connectivity index (χ2n) is 4.31. The highest BCUT2D eigenvalue weighted by Crippen LogP contribution is 2.32. The van der Waals surface area contributed by atoms with Crippen molar-refractivity contribution in [3.63, 3.8) is 0 Å². The summed E-state index contributed by atoms with van der Waals surface area (Å²) < 4.78 is 0. The van der Waals surface area contributed by atoms with Gasteiger partial charge in [-0.25, -0.2) is 0 Å². The Morgan fingerprint density at radius 3 is 2.88 bits per heavy atom. The molecule has 0 amide bonds. The molecule has 0 bridgehead atoms. The molecule has 0 N–H and O–H groups in total. The van der Waals surface area contributed by atoms with Gasteiger partial charge >= 0.3 is 0 Å². The number of rotatable bonds is 0. The standard InChI is InChI=1S/C14H14N2/c1-10-5-6-11-7-8-12-4-3-9-16(2)14(12)13(11)15-10/h3-8H,9H2,1-2H3. The highest BCUT2D eigenvalue weighted by Gasteiger charge is 2.13. The molecule has 16 heavy (non-hydrogen) atoms. The lowest BCUT2D eigenvalue weighted by molar-refractivity contribution is 1.02. The van der Waals surface area contributed by atoms with E-state index < -0.39 is 0 Å². The number of fused-ring (bicyclic) bond motifs is 3. The van der Waals surface area contributed by atoms with Crippen LogP contribution in [-0.2, 0) is 0 Å². The molecule has 1 aliphatic heterocycles. The molecule has 0 atom stereocenters. The van der Waals surface area contributed by atoms with Gasteiger partial charge in [0.1, 0.15) is 0 Å². The normalized spacial score (nSPS) is 14.2. The van der Waals surface area contributed by atoms with Gasteiger partial charge in [-0.05, 0) is 18.6 Å². The summed E-state index contributed by atoms with van der Waals surface area (Å²) in [7, 11) is 2.12. The van der Waals surface area contributed by atoms with E-state index in [2.05, 4.69) is 53.3 Å². The third-order valence-corrected chi connectivity index (χ3v) is 3.06. The average Bonchev–Trinajstić information content (AvgIpc) is 2.28. The lowest BCUT2D eigenvalue weighted by Crippen LogP contribution is -2.20. The molecule has 1 aliphatic rings. The Morgan fingerprint density at radius 2 is 2.00 bits per heavy atom. The Bertz CT molecular complexity index is 585. The Hall–Kier alpha value is -1.83. The van der Waals surface area contributed by atoms with E-state index in [1.54, 1.807) is 0 Å². The molecule has 0 aliphatic carbocycles. The summed E-state index contributed by atoms with van der Waals surface area (Å²) >= 11 is 0. The van der Waals surface area contributed by atoms with Gasteiger partial charge in [-0.2, -0.15) is 0 Å². The monoisotopic (exact) mass is 210 g/mol. The van der Waals surface area contributed by atoms with Crippen molar-refractivity contribution in [1.82, 2.24) is 4.98 Å². The Labute approximate surface area is 95.2 Å². The first-order chi connectivity index (χ1) is 7.75. The van der Waals surface area contributed by atoms with Gasteiger partial charge in [-0.3, -0.25) is 4.98 Å². The fourth-order valence-electron chi connectivity index (χ4n) is 2.25. The van der Waals surface area contributed by atoms with Crippen LogP contribution in [0.5, 0.6) is 0 Å². The van der Waals surface area contributed by atoms with E-state index in [0.717, 1.165) is 17.8 Å². The number of hydrogen-bond donors (Lipinski definition) is 0. The predicted molar refractivity (Wildman–Crippen MR) is 68.8 cm³/mol. The van der Waals surface area contributed by atoms with Gasteiger partial charge in [0, 0.05) is 24.7 Å². The highest BCUT2D eigenvalue weighted by atomic mass is 15.1. The maximum Gasteiger partial charge on any atom is 0.0944 e. The molecule has 2 nitrogen and oxygen atoms in total. The molecule has 1 aromatic carbocycles. The zero-order chi connectivity index (χ0) is 11.1. The van der Waals surface area contributed by atoms with Crippen LogP contribution >= 0.6 is 0 Å². The summed E-state index contributed by atoms with van der Waals surface area (Å²) in [6.07, 6.45) is 4.36. The minimum atomic E-state index is 0.960. The van der Waals surface area contributed by atoms with Crippen molar-refractivity contribution in [3.05, 3.63) is 41.6 Å². The van der Waals surface area contributed by atoms with Gasteiger partial charge in [0.25, 0.3) is 0 Å². The molecule has 80 valence electrons. The van der Waals surface area contributed by atoms with Crippen LogP contribution in [-0.4, -0.2) is 18.6 Å². The lowest BCUT2D eigenvalue weighted by atomic mass is 10.0. The van der Waals surface area contributed by atoms with Crippen molar-refractivity contribution in [2.24, 2.45) is 0 Å². The highest BCUT2D eigenvalue weighted by molar-refractivity contribution is 5.96. The topological polar surface area (TPSA) is 16.1 Å². The first-order valence-corrected chi connectivity index (χ1v) is 5.54. The summed E-state index contributed by atoms with van der Waals surface area (Å²) in [6, 6.07) is 8.52. The van der Waals surface area contributed by atoms with Crippen molar-refractivity contribution < 1.29 is 0 Å². The number of likely N-dealkylation sites (N-methyl/N-ethyl adjacent to an activating group) is 1. The first kappa shape index (κ1) is 9.40. The van der Waals surface area contributed by atoms with E-state index in [9.17, 15) is 0 Å². The number of anilines is 1. The third kappa shape index (κ3) is 1.30. The fourth-order valence-corrected chi connectivity index (χ4v) is 2.25. The number of hydrogen-bond acceptors (Lipinski definition) is 2. The van der Waals surface area contributed by atoms with E-state index in [1.165, 1.54) is 16.6 Å². The summed E-state index contributed by atoms with van der Waals surface area (Å²) in [5.74, 6) is 0. The van der Waals surface area contributed by atoms with E-state index in [0.29, 0.717) is 0 Å². The Balaban J connectivity index is 2.41. The zero-order valence-electron chi connectivity index (χ0n) is 9.57. The van der Waals surface area contributed by atoms with Crippen LogP contribution in [0, 0.1) is 6.92 Å². The number of benzene rings is 1. The molecule has 0 radical (unpaired) electrons. The molecule has 2 heteroatoms. The second-order valence-corrected chi connectivity index (χ2v) is 4.31. The summed E-state index contributed by atoms with van der Waals surface area (Å²) in [5, 5.41) is 1.21. The van der Waals surface area contributed by atoms with Crippen molar-refractivity contribution in [3.8, 4) is 0 Å². The van der Waals surface area contributed by atoms with Crippen LogP contribution in [0.4, 0.5) is 5.69 Å². The molecule has 1 aromatic heterocycles. The summed E-state index contributed by atoms with van der Waals surface area (Å²) in [5.41, 5.74) is 4.70. The van der Waals surface area contributed by atoms with Crippen LogP contribution < -0.4 is 4.90 Å². The average molecular weight is 210 g/mol. The van der Waals surface area contributed by atoms with Crippen molar-refractivity contribution in [1.29, 1.82) is 0 Å². The largest absolute Gasteiger partial charge is 0.369 e. The molecule has 3 rings (SSSR count). The molecular weight excluding hydrogens is 196 g/mol. The first-order valence-electron chi connectivity index (χ1n) is 5.54. The number of nitrogens with zero attached hydrogens (tertiary/aromatic N) is 2. The van der Waals surface area contributed by atoms with E-state index in [1.807, 2.05) is 6.92 Å².